The highest BCUT2D eigenvalue weighted by Gasteiger charge is 2.30. The number of amides is 2. The minimum absolute atomic E-state index is 0.124. The monoisotopic (exact) mass is 497 g/mol. The van der Waals surface area contributed by atoms with Crippen molar-refractivity contribution in [1.29, 1.82) is 0 Å². The molecule has 5 nitrogen and oxygen atoms in total. The number of aromatic nitrogens is 1. The third-order valence-electron chi connectivity index (χ3n) is 5.95. The van der Waals surface area contributed by atoms with Crippen molar-refractivity contribution >= 4 is 23.4 Å². The van der Waals surface area contributed by atoms with Gasteiger partial charge in [0.25, 0.3) is 0 Å². The second kappa shape index (κ2) is 12.7. The van der Waals surface area contributed by atoms with Crippen LogP contribution in [0.15, 0.2) is 109 Å². The zero-order valence-corrected chi connectivity index (χ0v) is 20.6. The van der Waals surface area contributed by atoms with E-state index in [1.54, 1.807) is 29.4 Å². The predicted molar refractivity (Wildman–Crippen MR) is 142 cm³/mol. The summed E-state index contributed by atoms with van der Waals surface area (Å²) in [6.45, 7) is 0.685. The van der Waals surface area contributed by atoms with Crippen LogP contribution in [0.25, 0.3) is 0 Å². The van der Waals surface area contributed by atoms with E-state index in [9.17, 15) is 9.59 Å². The van der Waals surface area contributed by atoms with Gasteiger partial charge in [-0.15, -0.1) is 0 Å². The molecule has 0 radical (unpaired) electrons. The first kappa shape index (κ1) is 25.1. The Kier molecular flexibility index (Phi) is 8.84. The molecule has 1 atom stereocenters. The van der Waals surface area contributed by atoms with Crippen LogP contribution in [0.5, 0.6) is 0 Å². The average molecular weight is 498 g/mol. The van der Waals surface area contributed by atoms with Crippen LogP contribution >= 0.6 is 11.6 Å². The van der Waals surface area contributed by atoms with Gasteiger partial charge in [-0.2, -0.15) is 0 Å². The molecule has 0 aliphatic heterocycles. The molecule has 1 N–H and O–H groups in total. The molecule has 1 aromatic heterocycles. The molecule has 0 fully saturated rings. The summed E-state index contributed by atoms with van der Waals surface area (Å²) in [5, 5.41) is 3.65. The average Bonchev–Trinajstić information content (AvgIpc) is 2.92. The molecular weight excluding hydrogens is 470 g/mol. The van der Waals surface area contributed by atoms with Gasteiger partial charge < -0.3 is 10.2 Å². The molecule has 0 saturated heterocycles. The summed E-state index contributed by atoms with van der Waals surface area (Å²) in [6.07, 6.45) is 3.97. The standard InChI is InChI=1S/C30H28ClN3O2/c31-27-13-11-24(12-14-27)20-29(35)34(22-26-9-5-2-6-10-26)28(19-23-7-3-1-4-8-23)30(36)33-21-25-15-17-32-18-16-25/h1-18,28H,19-22H2,(H,33,36). The summed E-state index contributed by atoms with van der Waals surface area (Å²) < 4.78 is 0. The van der Waals surface area contributed by atoms with Gasteiger partial charge in [0.15, 0.2) is 0 Å². The maximum atomic E-state index is 13.7. The third kappa shape index (κ3) is 7.27. The van der Waals surface area contributed by atoms with Crippen molar-refractivity contribution in [3.8, 4) is 0 Å². The molecule has 0 aliphatic carbocycles. The summed E-state index contributed by atoms with van der Waals surface area (Å²) in [5.41, 5.74) is 3.73. The molecular formula is C30H28ClN3O2. The fourth-order valence-electron chi connectivity index (χ4n) is 4.02. The Balaban J connectivity index is 1.63. The van der Waals surface area contributed by atoms with E-state index in [0.29, 0.717) is 24.5 Å². The van der Waals surface area contributed by atoms with Crippen molar-refractivity contribution in [2.45, 2.75) is 32.0 Å². The van der Waals surface area contributed by atoms with E-state index in [2.05, 4.69) is 10.3 Å². The Labute approximate surface area is 216 Å². The van der Waals surface area contributed by atoms with Gasteiger partial charge in [0, 0.05) is 36.9 Å². The van der Waals surface area contributed by atoms with Crippen LogP contribution in [0.1, 0.15) is 22.3 Å². The number of nitrogens with one attached hydrogen (secondary N) is 1. The first-order valence-corrected chi connectivity index (χ1v) is 12.2. The number of nitrogens with zero attached hydrogens (tertiary/aromatic N) is 2. The highest BCUT2D eigenvalue weighted by atomic mass is 35.5. The number of benzene rings is 3. The first-order chi connectivity index (χ1) is 17.6. The highest BCUT2D eigenvalue weighted by molar-refractivity contribution is 6.30. The molecule has 0 aliphatic rings. The zero-order chi connectivity index (χ0) is 25.2. The van der Waals surface area contributed by atoms with E-state index in [1.165, 1.54) is 0 Å². The number of hydrogen-bond donors (Lipinski definition) is 1. The molecule has 1 heterocycles. The molecule has 4 rings (SSSR count). The topological polar surface area (TPSA) is 62.3 Å². The number of hydrogen-bond acceptors (Lipinski definition) is 3. The van der Waals surface area contributed by atoms with Gasteiger partial charge >= 0.3 is 0 Å². The first-order valence-electron chi connectivity index (χ1n) is 11.9. The molecule has 4 aromatic rings. The van der Waals surface area contributed by atoms with Gasteiger partial charge in [-0.25, -0.2) is 0 Å². The normalized spacial score (nSPS) is 11.5. The Morgan fingerprint density at radius 2 is 1.36 bits per heavy atom. The number of rotatable bonds is 10. The fraction of sp³-hybridized carbons (Fsp3) is 0.167. The Morgan fingerprint density at radius 3 is 2.00 bits per heavy atom. The largest absolute Gasteiger partial charge is 0.350 e. The van der Waals surface area contributed by atoms with E-state index in [-0.39, 0.29) is 18.2 Å². The third-order valence-corrected chi connectivity index (χ3v) is 6.20. The van der Waals surface area contributed by atoms with Crippen LogP contribution in [-0.4, -0.2) is 27.7 Å². The molecule has 1 unspecified atom stereocenters. The van der Waals surface area contributed by atoms with Crippen molar-refractivity contribution in [2.75, 3.05) is 0 Å². The van der Waals surface area contributed by atoms with Gasteiger partial charge in [0.2, 0.25) is 11.8 Å². The lowest BCUT2D eigenvalue weighted by Crippen LogP contribution is -2.50. The van der Waals surface area contributed by atoms with E-state index < -0.39 is 6.04 Å². The van der Waals surface area contributed by atoms with Gasteiger partial charge in [0.05, 0.1) is 6.42 Å². The molecule has 0 bridgehead atoms. The Hall–Kier alpha value is -3.96. The maximum Gasteiger partial charge on any atom is 0.243 e. The lowest BCUT2D eigenvalue weighted by molar-refractivity contribution is -0.140. The van der Waals surface area contributed by atoms with Gasteiger partial charge in [-0.05, 0) is 46.5 Å². The van der Waals surface area contributed by atoms with Crippen LogP contribution in [0.2, 0.25) is 5.02 Å². The summed E-state index contributed by atoms with van der Waals surface area (Å²) in [5.74, 6) is -0.322. The predicted octanol–water partition coefficient (Wildman–Crippen LogP) is 5.23. The number of pyridine rings is 1. The molecule has 3 aromatic carbocycles. The van der Waals surface area contributed by atoms with Crippen molar-refractivity contribution < 1.29 is 9.59 Å². The summed E-state index contributed by atoms with van der Waals surface area (Å²) in [4.78, 5) is 33.1. The van der Waals surface area contributed by atoms with Crippen LogP contribution in [0.4, 0.5) is 0 Å². The summed E-state index contributed by atoms with van der Waals surface area (Å²) in [6, 6.07) is 29.8. The Morgan fingerprint density at radius 1 is 0.750 bits per heavy atom. The van der Waals surface area contributed by atoms with Crippen molar-refractivity contribution in [3.63, 3.8) is 0 Å². The molecule has 0 spiro atoms. The SMILES string of the molecule is O=C(NCc1ccncc1)C(Cc1ccccc1)N(Cc1ccccc1)C(=O)Cc1ccc(Cl)cc1. The second-order valence-electron chi connectivity index (χ2n) is 8.59. The van der Waals surface area contributed by atoms with Crippen LogP contribution < -0.4 is 5.32 Å². The molecule has 182 valence electrons. The van der Waals surface area contributed by atoms with Crippen LogP contribution in [0, 0.1) is 0 Å². The van der Waals surface area contributed by atoms with E-state index >= 15 is 0 Å². The number of carbonyl (C=O) groups is 2. The molecule has 6 heteroatoms. The lowest BCUT2D eigenvalue weighted by atomic mass is 10.0. The van der Waals surface area contributed by atoms with Crippen molar-refractivity contribution in [2.24, 2.45) is 0 Å². The molecule has 36 heavy (non-hydrogen) atoms. The fourth-order valence-corrected chi connectivity index (χ4v) is 4.15. The number of carbonyl (C=O) groups excluding carboxylic acids is 2. The zero-order valence-electron chi connectivity index (χ0n) is 19.9. The van der Waals surface area contributed by atoms with Crippen molar-refractivity contribution in [3.05, 3.63) is 137 Å². The maximum absolute atomic E-state index is 13.7. The van der Waals surface area contributed by atoms with E-state index in [4.69, 9.17) is 11.6 Å². The minimum Gasteiger partial charge on any atom is -0.350 e. The Bertz CT molecular complexity index is 1250. The van der Waals surface area contributed by atoms with Gasteiger partial charge in [-0.3, -0.25) is 14.6 Å². The van der Waals surface area contributed by atoms with Crippen molar-refractivity contribution in [1.82, 2.24) is 15.2 Å². The van der Waals surface area contributed by atoms with Gasteiger partial charge in [0.1, 0.15) is 6.04 Å². The van der Waals surface area contributed by atoms with Crippen LogP contribution in [-0.2, 0) is 35.5 Å². The minimum atomic E-state index is -0.686. The number of halogens is 1. The van der Waals surface area contributed by atoms with Gasteiger partial charge in [-0.1, -0.05) is 84.4 Å². The summed E-state index contributed by atoms with van der Waals surface area (Å²) >= 11 is 6.03. The smallest absolute Gasteiger partial charge is 0.243 e. The molecule has 0 saturated carbocycles. The van der Waals surface area contributed by atoms with E-state index in [1.807, 2.05) is 84.9 Å². The van der Waals surface area contributed by atoms with Crippen LogP contribution in [0.3, 0.4) is 0 Å². The van der Waals surface area contributed by atoms with E-state index in [0.717, 1.165) is 22.3 Å². The lowest BCUT2D eigenvalue weighted by Gasteiger charge is -2.31. The summed E-state index contributed by atoms with van der Waals surface area (Å²) in [7, 11) is 0. The second-order valence-corrected chi connectivity index (χ2v) is 9.03. The highest BCUT2D eigenvalue weighted by Crippen LogP contribution is 2.18. The quantitative estimate of drug-likeness (QED) is 0.326. The molecule has 2 amide bonds.